The SMILES string of the molecule is COc1ccc(Cc2nnc([NH2+]C(=O)c3cccc(C)c3)s2)cc1. The number of carbonyl (C=O) groups is 1. The number of primary amides is 1. The molecule has 2 aromatic carbocycles. The predicted molar refractivity (Wildman–Crippen MR) is 92.8 cm³/mol. The summed E-state index contributed by atoms with van der Waals surface area (Å²) in [5, 5.41) is 11.3. The number of aryl methyl sites for hydroxylation is 1. The number of rotatable bonds is 5. The van der Waals surface area contributed by atoms with Gasteiger partial charge in [0, 0.05) is 6.42 Å². The molecule has 0 saturated carbocycles. The van der Waals surface area contributed by atoms with Gasteiger partial charge >= 0.3 is 11.0 Å². The molecule has 0 aliphatic heterocycles. The van der Waals surface area contributed by atoms with Gasteiger partial charge in [0.05, 0.1) is 12.7 Å². The highest BCUT2D eigenvalue weighted by molar-refractivity contribution is 7.14. The average Bonchev–Trinajstić information content (AvgIpc) is 3.02. The van der Waals surface area contributed by atoms with Crippen molar-refractivity contribution in [1.29, 1.82) is 0 Å². The van der Waals surface area contributed by atoms with Gasteiger partial charge in [-0.2, -0.15) is 0 Å². The minimum atomic E-state index is -0.0501. The van der Waals surface area contributed by atoms with Gasteiger partial charge in [0.25, 0.3) is 0 Å². The second-order valence-corrected chi connectivity index (χ2v) is 6.53. The third kappa shape index (κ3) is 4.04. The second-order valence-electron chi connectivity index (χ2n) is 5.44. The van der Waals surface area contributed by atoms with Crippen LogP contribution in [0.15, 0.2) is 48.5 Å². The van der Waals surface area contributed by atoms with Crippen LogP contribution in [0.2, 0.25) is 0 Å². The number of nitrogens with two attached hydrogens (primary N) is 1. The molecule has 0 aliphatic carbocycles. The molecule has 0 radical (unpaired) electrons. The van der Waals surface area contributed by atoms with Crippen molar-refractivity contribution in [3.05, 3.63) is 70.2 Å². The van der Waals surface area contributed by atoms with E-state index < -0.39 is 0 Å². The molecule has 6 heteroatoms. The maximum absolute atomic E-state index is 12.3. The Labute approximate surface area is 144 Å². The summed E-state index contributed by atoms with van der Waals surface area (Å²) in [6.45, 7) is 1.97. The minimum Gasteiger partial charge on any atom is -0.497 e. The Morgan fingerprint density at radius 3 is 2.67 bits per heavy atom. The highest BCUT2D eigenvalue weighted by atomic mass is 32.1. The smallest absolute Gasteiger partial charge is 0.349 e. The first kappa shape index (κ1) is 16.3. The number of ether oxygens (including phenoxy) is 1. The summed E-state index contributed by atoms with van der Waals surface area (Å²) >= 11 is 1.44. The number of nitrogens with zero attached hydrogens (tertiary/aromatic N) is 2. The molecule has 1 aromatic heterocycles. The molecular formula is C18H18N3O2S+. The highest BCUT2D eigenvalue weighted by Crippen LogP contribution is 2.18. The fourth-order valence-corrected chi connectivity index (χ4v) is 3.12. The molecule has 0 unspecified atom stereocenters. The molecule has 5 nitrogen and oxygen atoms in total. The molecule has 0 aliphatic rings. The largest absolute Gasteiger partial charge is 0.497 e. The maximum atomic E-state index is 12.3. The third-order valence-electron chi connectivity index (χ3n) is 3.55. The van der Waals surface area contributed by atoms with Gasteiger partial charge in [0.15, 0.2) is 0 Å². The van der Waals surface area contributed by atoms with E-state index in [1.165, 1.54) is 11.3 Å². The summed E-state index contributed by atoms with van der Waals surface area (Å²) in [5.41, 5.74) is 2.86. The number of aromatic nitrogens is 2. The zero-order valence-corrected chi connectivity index (χ0v) is 14.3. The fourth-order valence-electron chi connectivity index (χ4n) is 2.31. The van der Waals surface area contributed by atoms with Crippen LogP contribution in [0, 0.1) is 6.92 Å². The van der Waals surface area contributed by atoms with Gasteiger partial charge in [-0.25, -0.2) is 10.1 Å². The van der Waals surface area contributed by atoms with Crippen molar-refractivity contribution in [3.63, 3.8) is 0 Å². The van der Waals surface area contributed by atoms with Gasteiger partial charge in [-0.1, -0.05) is 34.9 Å². The molecule has 0 bridgehead atoms. The standard InChI is InChI=1S/C18H17N3O2S/c1-12-4-3-5-14(10-12)17(22)19-18-21-20-16(24-18)11-13-6-8-15(23-2)9-7-13/h3-10H,11H2,1-2H3,(H,19,21,22)/p+1. The zero-order chi connectivity index (χ0) is 16.9. The van der Waals surface area contributed by atoms with Crippen LogP contribution in [0.4, 0.5) is 5.13 Å². The number of quaternary nitrogens is 1. The van der Waals surface area contributed by atoms with E-state index in [1.54, 1.807) is 12.4 Å². The summed E-state index contributed by atoms with van der Waals surface area (Å²) in [5.74, 6) is 0.777. The van der Waals surface area contributed by atoms with Crippen LogP contribution >= 0.6 is 11.3 Å². The van der Waals surface area contributed by atoms with Gasteiger partial charge in [0.1, 0.15) is 10.8 Å². The molecule has 24 heavy (non-hydrogen) atoms. The number of benzene rings is 2. The first-order valence-corrected chi connectivity index (χ1v) is 8.37. The Hall–Kier alpha value is -2.57. The van der Waals surface area contributed by atoms with Gasteiger partial charge < -0.3 is 4.74 Å². The fraction of sp³-hybridized carbons (Fsp3) is 0.167. The lowest BCUT2D eigenvalue weighted by Crippen LogP contribution is -2.82. The molecule has 1 amide bonds. The van der Waals surface area contributed by atoms with Crippen molar-refractivity contribution in [1.82, 2.24) is 10.2 Å². The first-order chi connectivity index (χ1) is 11.6. The summed E-state index contributed by atoms with van der Waals surface area (Å²) in [4.78, 5) is 12.3. The van der Waals surface area contributed by atoms with E-state index in [0.717, 1.165) is 21.9 Å². The van der Waals surface area contributed by atoms with Crippen molar-refractivity contribution in [2.24, 2.45) is 0 Å². The van der Waals surface area contributed by atoms with Crippen molar-refractivity contribution >= 4 is 22.4 Å². The Kier molecular flexibility index (Phi) is 4.98. The average molecular weight is 340 g/mol. The lowest BCUT2D eigenvalue weighted by Gasteiger charge is -2.00. The highest BCUT2D eigenvalue weighted by Gasteiger charge is 2.16. The topological polar surface area (TPSA) is 68.7 Å². The maximum Gasteiger partial charge on any atom is 0.349 e. The van der Waals surface area contributed by atoms with E-state index in [-0.39, 0.29) is 5.91 Å². The number of amides is 1. The molecule has 0 fully saturated rings. The zero-order valence-electron chi connectivity index (χ0n) is 13.5. The lowest BCUT2D eigenvalue weighted by atomic mass is 10.1. The van der Waals surface area contributed by atoms with Gasteiger partial charge in [-0.05, 0) is 48.1 Å². The number of hydrogen-bond donors (Lipinski definition) is 1. The summed E-state index contributed by atoms with van der Waals surface area (Å²) < 4.78 is 5.15. The first-order valence-electron chi connectivity index (χ1n) is 7.55. The molecular weight excluding hydrogens is 322 g/mol. The minimum absolute atomic E-state index is 0.0501. The molecule has 3 aromatic rings. The van der Waals surface area contributed by atoms with Crippen molar-refractivity contribution in [3.8, 4) is 5.75 Å². The van der Waals surface area contributed by atoms with E-state index in [1.807, 2.05) is 55.5 Å². The molecule has 3 rings (SSSR count). The summed E-state index contributed by atoms with van der Waals surface area (Å²) in [6.07, 6.45) is 0.689. The molecule has 0 saturated heterocycles. The second kappa shape index (κ2) is 7.33. The van der Waals surface area contributed by atoms with Gasteiger partial charge in [0.2, 0.25) is 0 Å². The monoisotopic (exact) mass is 340 g/mol. The van der Waals surface area contributed by atoms with Crippen LogP contribution < -0.4 is 10.1 Å². The Morgan fingerprint density at radius 1 is 1.17 bits per heavy atom. The molecule has 0 atom stereocenters. The normalized spacial score (nSPS) is 10.6. The summed E-state index contributed by atoms with van der Waals surface area (Å²) in [6, 6.07) is 15.4. The molecule has 2 N–H and O–H groups in total. The summed E-state index contributed by atoms with van der Waals surface area (Å²) in [7, 11) is 1.65. The van der Waals surface area contributed by atoms with Crippen LogP contribution in [-0.4, -0.2) is 23.2 Å². The predicted octanol–water partition coefficient (Wildman–Crippen LogP) is 2.48. The van der Waals surface area contributed by atoms with Gasteiger partial charge in [-0.15, -0.1) is 5.10 Å². The van der Waals surface area contributed by atoms with E-state index >= 15 is 0 Å². The van der Waals surface area contributed by atoms with E-state index in [2.05, 4.69) is 10.2 Å². The lowest BCUT2D eigenvalue weighted by molar-refractivity contribution is -0.464. The Morgan fingerprint density at radius 2 is 1.96 bits per heavy atom. The Bertz CT molecular complexity index is 843. The van der Waals surface area contributed by atoms with Crippen molar-refractivity contribution in [2.45, 2.75) is 13.3 Å². The Balaban J connectivity index is 1.65. The number of carbonyl (C=O) groups excluding carboxylic acids is 1. The van der Waals surface area contributed by atoms with Gasteiger partial charge in [-0.3, -0.25) is 0 Å². The number of methoxy groups -OCH3 is 1. The third-order valence-corrected chi connectivity index (χ3v) is 4.42. The van der Waals surface area contributed by atoms with Crippen molar-refractivity contribution < 1.29 is 14.8 Å². The van der Waals surface area contributed by atoms with Crippen LogP contribution in [0.1, 0.15) is 26.5 Å². The van der Waals surface area contributed by atoms with E-state index in [9.17, 15) is 4.79 Å². The quantitative estimate of drug-likeness (QED) is 0.775. The van der Waals surface area contributed by atoms with Crippen LogP contribution in [0.25, 0.3) is 0 Å². The number of hydrogen-bond acceptors (Lipinski definition) is 5. The molecule has 122 valence electrons. The van der Waals surface area contributed by atoms with Crippen molar-refractivity contribution in [2.75, 3.05) is 7.11 Å². The van der Waals surface area contributed by atoms with Crippen LogP contribution in [-0.2, 0) is 6.42 Å². The van der Waals surface area contributed by atoms with Crippen LogP contribution in [0.3, 0.4) is 0 Å². The molecule has 1 heterocycles. The van der Waals surface area contributed by atoms with E-state index in [4.69, 9.17) is 4.74 Å². The van der Waals surface area contributed by atoms with Crippen LogP contribution in [0.5, 0.6) is 5.75 Å². The molecule has 0 spiro atoms. The van der Waals surface area contributed by atoms with E-state index in [0.29, 0.717) is 17.1 Å².